The fraction of sp³-hybridized carbons (Fsp3) is 0.188. The number of hydrogen-bond acceptors (Lipinski definition) is 2. The minimum absolute atomic E-state index is 0.371. The number of hydrogen-bond donors (Lipinski definition) is 0. The quantitative estimate of drug-likeness (QED) is 0.454. The first kappa shape index (κ1) is 15.9. The predicted molar refractivity (Wildman–Crippen MR) is 77.1 cm³/mol. The lowest BCUT2D eigenvalue weighted by Crippen LogP contribution is -2.00. The summed E-state index contributed by atoms with van der Waals surface area (Å²) < 4.78 is 4.42. The third-order valence-electron chi connectivity index (χ3n) is 2.04. The van der Waals surface area contributed by atoms with Crippen LogP contribution in [0.5, 0.6) is 0 Å². The summed E-state index contributed by atoms with van der Waals surface area (Å²) in [5.41, 5.74) is 1.57. The van der Waals surface area contributed by atoms with Crippen LogP contribution in [0.3, 0.4) is 0 Å². The van der Waals surface area contributed by atoms with Crippen molar-refractivity contribution in [1.29, 1.82) is 0 Å². The van der Waals surface area contributed by atoms with Crippen molar-refractivity contribution in [1.82, 2.24) is 0 Å². The molecule has 0 aliphatic rings. The van der Waals surface area contributed by atoms with Gasteiger partial charge in [-0.3, -0.25) is 0 Å². The maximum Gasteiger partial charge on any atom is 0.337 e. The van der Waals surface area contributed by atoms with E-state index in [0.717, 1.165) is 6.42 Å². The molecule has 1 rings (SSSR count). The predicted octanol–water partition coefficient (Wildman–Crippen LogP) is 4.01. The number of ether oxygens (including phenoxy) is 1. The fourth-order valence-electron chi connectivity index (χ4n) is 1.05. The van der Waals surface area contributed by atoms with Gasteiger partial charge in [0, 0.05) is 0 Å². The van der Waals surface area contributed by atoms with Gasteiger partial charge in [-0.05, 0) is 12.0 Å². The summed E-state index contributed by atoms with van der Waals surface area (Å²) in [5, 5.41) is 0. The Morgan fingerprint density at radius 3 is 2.33 bits per heavy atom. The summed E-state index contributed by atoms with van der Waals surface area (Å²) >= 11 is 0. The van der Waals surface area contributed by atoms with E-state index in [9.17, 15) is 4.79 Å². The van der Waals surface area contributed by atoms with Crippen molar-refractivity contribution in [3.63, 3.8) is 0 Å². The number of esters is 1. The molecule has 0 saturated heterocycles. The highest BCUT2D eigenvalue weighted by Gasteiger charge is 1.99. The van der Waals surface area contributed by atoms with Crippen molar-refractivity contribution >= 4 is 12.0 Å². The molecule has 18 heavy (non-hydrogen) atoms. The van der Waals surface area contributed by atoms with E-state index in [0.29, 0.717) is 5.57 Å². The van der Waals surface area contributed by atoms with Crippen molar-refractivity contribution in [2.75, 3.05) is 7.11 Å². The molecule has 0 aromatic heterocycles. The molecule has 2 heteroatoms. The first-order chi connectivity index (χ1) is 8.65. The number of allylic oxidation sites excluding steroid dienone is 1. The maximum absolute atomic E-state index is 10.6. The summed E-state index contributed by atoms with van der Waals surface area (Å²) in [6, 6.07) is 10.0. The SMILES string of the molecule is C=C(/C=C/CC)C(=O)OC.C=Cc1ccccc1. The van der Waals surface area contributed by atoms with E-state index in [1.54, 1.807) is 6.08 Å². The molecule has 0 N–H and O–H groups in total. The minimum atomic E-state index is -0.371. The topological polar surface area (TPSA) is 26.3 Å². The zero-order valence-electron chi connectivity index (χ0n) is 11.1. The molecule has 0 fully saturated rings. The normalized spacial score (nSPS) is 9.22. The molecule has 0 aliphatic heterocycles. The van der Waals surface area contributed by atoms with E-state index >= 15 is 0 Å². The summed E-state index contributed by atoms with van der Waals surface area (Å²) in [6.07, 6.45) is 6.25. The highest BCUT2D eigenvalue weighted by atomic mass is 16.5. The Morgan fingerprint density at radius 2 is 1.94 bits per heavy atom. The van der Waals surface area contributed by atoms with Gasteiger partial charge in [-0.15, -0.1) is 0 Å². The van der Waals surface area contributed by atoms with Gasteiger partial charge in [-0.2, -0.15) is 0 Å². The van der Waals surface area contributed by atoms with Crippen LogP contribution in [-0.4, -0.2) is 13.1 Å². The standard InChI is InChI=1S/C8H12O2.C8H8/c1-4-5-6-7(2)8(9)10-3;1-2-8-6-4-3-5-7-8/h5-6H,2,4H2,1,3H3;2-7H,1H2/b6-5+;. The maximum atomic E-state index is 10.6. The Morgan fingerprint density at radius 1 is 1.33 bits per heavy atom. The van der Waals surface area contributed by atoms with E-state index in [2.05, 4.69) is 17.9 Å². The second kappa shape index (κ2) is 10.1. The average molecular weight is 244 g/mol. The summed E-state index contributed by atoms with van der Waals surface area (Å²) in [6.45, 7) is 9.12. The van der Waals surface area contributed by atoms with Gasteiger partial charge < -0.3 is 4.74 Å². The van der Waals surface area contributed by atoms with E-state index in [4.69, 9.17) is 0 Å². The van der Waals surface area contributed by atoms with Crippen LogP contribution in [-0.2, 0) is 9.53 Å². The van der Waals surface area contributed by atoms with Gasteiger partial charge in [0.05, 0.1) is 12.7 Å². The molecule has 2 nitrogen and oxygen atoms in total. The average Bonchev–Trinajstić information content (AvgIpc) is 2.45. The summed E-state index contributed by atoms with van der Waals surface area (Å²) in [7, 11) is 1.34. The number of carbonyl (C=O) groups is 1. The lowest BCUT2D eigenvalue weighted by atomic mass is 10.2. The largest absolute Gasteiger partial charge is 0.465 e. The first-order valence-corrected chi connectivity index (χ1v) is 5.77. The third kappa shape index (κ3) is 7.23. The first-order valence-electron chi connectivity index (χ1n) is 5.77. The van der Waals surface area contributed by atoms with Crippen molar-refractivity contribution in [2.24, 2.45) is 0 Å². The Kier molecular flexibility index (Phi) is 8.92. The van der Waals surface area contributed by atoms with Gasteiger partial charge in [0.1, 0.15) is 0 Å². The molecule has 0 heterocycles. The number of benzene rings is 1. The second-order valence-corrected chi connectivity index (χ2v) is 3.44. The number of carbonyl (C=O) groups excluding carboxylic acids is 1. The molecule has 0 radical (unpaired) electrons. The molecule has 96 valence electrons. The van der Waals surface area contributed by atoms with Crippen molar-refractivity contribution in [3.8, 4) is 0 Å². The van der Waals surface area contributed by atoms with Crippen molar-refractivity contribution in [2.45, 2.75) is 13.3 Å². The molecule has 0 unspecified atom stereocenters. The third-order valence-corrected chi connectivity index (χ3v) is 2.04. The highest BCUT2D eigenvalue weighted by molar-refractivity contribution is 5.90. The Balaban J connectivity index is 0.000000327. The van der Waals surface area contributed by atoms with Gasteiger partial charge in [-0.1, -0.05) is 68.6 Å². The molecule has 0 saturated carbocycles. The summed E-state index contributed by atoms with van der Waals surface area (Å²) in [5.74, 6) is -0.371. The smallest absolute Gasteiger partial charge is 0.337 e. The van der Waals surface area contributed by atoms with E-state index in [-0.39, 0.29) is 5.97 Å². The van der Waals surface area contributed by atoms with Gasteiger partial charge in [0.2, 0.25) is 0 Å². The molecular formula is C16H20O2. The van der Waals surface area contributed by atoms with Crippen LogP contribution in [0, 0.1) is 0 Å². The van der Waals surface area contributed by atoms with Crippen molar-refractivity contribution < 1.29 is 9.53 Å². The van der Waals surface area contributed by atoms with Crippen LogP contribution in [0.1, 0.15) is 18.9 Å². The lowest BCUT2D eigenvalue weighted by molar-refractivity contribution is -0.135. The van der Waals surface area contributed by atoms with Crippen molar-refractivity contribution in [3.05, 3.63) is 66.8 Å². The summed E-state index contributed by atoms with van der Waals surface area (Å²) in [4.78, 5) is 10.6. The van der Waals surface area contributed by atoms with Gasteiger partial charge >= 0.3 is 5.97 Å². The molecule has 0 spiro atoms. The lowest BCUT2D eigenvalue weighted by Gasteiger charge is -1.94. The van der Waals surface area contributed by atoms with Crippen LogP contribution in [0.4, 0.5) is 0 Å². The molecule has 0 aliphatic carbocycles. The minimum Gasteiger partial charge on any atom is -0.465 e. The van der Waals surface area contributed by atoms with Crippen LogP contribution < -0.4 is 0 Å². The van der Waals surface area contributed by atoms with Crippen LogP contribution in [0.25, 0.3) is 6.08 Å². The number of methoxy groups -OCH3 is 1. The highest BCUT2D eigenvalue weighted by Crippen LogP contribution is 1.97. The zero-order chi connectivity index (χ0) is 13.8. The fourth-order valence-corrected chi connectivity index (χ4v) is 1.05. The molecular weight excluding hydrogens is 224 g/mol. The molecule has 1 aromatic rings. The van der Waals surface area contributed by atoms with Gasteiger partial charge in [0.25, 0.3) is 0 Å². The Bertz CT molecular complexity index is 402. The van der Waals surface area contributed by atoms with Gasteiger partial charge in [-0.25, -0.2) is 4.79 Å². The number of rotatable bonds is 4. The Labute approximate surface area is 109 Å². The molecule has 0 atom stereocenters. The second-order valence-electron chi connectivity index (χ2n) is 3.44. The van der Waals surface area contributed by atoms with Crippen LogP contribution >= 0.6 is 0 Å². The van der Waals surface area contributed by atoms with Gasteiger partial charge in [0.15, 0.2) is 0 Å². The van der Waals surface area contributed by atoms with Crippen LogP contribution in [0.15, 0.2) is 61.2 Å². The van der Waals surface area contributed by atoms with E-state index < -0.39 is 0 Å². The molecule has 0 amide bonds. The monoisotopic (exact) mass is 244 g/mol. The van der Waals surface area contributed by atoms with E-state index in [1.807, 2.05) is 49.4 Å². The molecule has 0 bridgehead atoms. The molecule has 1 aromatic carbocycles. The van der Waals surface area contributed by atoms with Crippen LogP contribution in [0.2, 0.25) is 0 Å². The van der Waals surface area contributed by atoms with E-state index in [1.165, 1.54) is 12.7 Å². The zero-order valence-corrected chi connectivity index (χ0v) is 11.1. The Hall–Kier alpha value is -2.09.